The lowest BCUT2D eigenvalue weighted by atomic mass is 10.1. The molecule has 7 heteroatoms. The van der Waals surface area contributed by atoms with E-state index in [9.17, 15) is 4.39 Å². The Bertz CT molecular complexity index is 843. The monoisotopic (exact) mass is 301 g/mol. The van der Waals surface area contributed by atoms with Crippen molar-refractivity contribution in [2.24, 2.45) is 7.05 Å². The standard InChI is InChI=1S/C15H16FN5O/c1-8(2)22-11-5-4-9(6-10(11)16)13-12-14(17)18-7-19-15(12)21(3)20-13/h4-8H,1-3H3,(H2,17,18,19). The molecule has 3 aromatic rings. The molecule has 0 aliphatic heterocycles. The maximum atomic E-state index is 14.2. The number of aryl methyl sites for hydroxylation is 1. The Balaban J connectivity index is 2.14. The number of rotatable bonds is 3. The second-order valence-corrected chi connectivity index (χ2v) is 5.24. The SMILES string of the molecule is CC(C)Oc1ccc(-c2nn(C)c3ncnc(N)c23)cc1F. The van der Waals surface area contributed by atoms with Crippen LogP contribution in [0.3, 0.4) is 0 Å². The fraction of sp³-hybridized carbons (Fsp3) is 0.267. The fourth-order valence-corrected chi connectivity index (χ4v) is 2.31. The summed E-state index contributed by atoms with van der Waals surface area (Å²) in [5.74, 6) is 0.0830. The molecule has 0 spiro atoms. The number of nitrogen functional groups attached to an aromatic ring is 1. The summed E-state index contributed by atoms with van der Waals surface area (Å²) in [7, 11) is 1.75. The van der Waals surface area contributed by atoms with Gasteiger partial charge < -0.3 is 10.5 Å². The summed E-state index contributed by atoms with van der Waals surface area (Å²) in [5.41, 5.74) is 7.67. The second-order valence-electron chi connectivity index (χ2n) is 5.24. The summed E-state index contributed by atoms with van der Waals surface area (Å²) in [6, 6.07) is 4.71. The molecule has 114 valence electrons. The molecule has 2 heterocycles. The number of halogens is 1. The average Bonchev–Trinajstić information content (AvgIpc) is 2.80. The zero-order valence-electron chi connectivity index (χ0n) is 12.5. The molecule has 0 bridgehead atoms. The van der Waals surface area contributed by atoms with Crippen LogP contribution in [-0.4, -0.2) is 25.9 Å². The van der Waals surface area contributed by atoms with E-state index in [2.05, 4.69) is 15.1 Å². The van der Waals surface area contributed by atoms with Crippen LogP contribution in [0.2, 0.25) is 0 Å². The van der Waals surface area contributed by atoms with Crippen molar-refractivity contribution >= 4 is 16.9 Å². The molecule has 0 radical (unpaired) electrons. The molecular weight excluding hydrogens is 285 g/mol. The summed E-state index contributed by atoms with van der Waals surface area (Å²) < 4.78 is 21.2. The van der Waals surface area contributed by atoms with Crippen molar-refractivity contribution in [3.8, 4) is 17.0 Å². The molecule has 0 saturated heterocycles. The molecule has 0 aliphatic carbocycles. The van der Waals surface area contributed by atoms with Crippen molar-refractivity contribution in [1.29, 1.82) is 0 Å². The minimum atomic E-state index is -0.444. The van der Waals surface area contributed by atoms with Crippen LogP contribution in [0.5, 0.6) is 5.75 Å². The summed E-state index contributed by atoms with van der Waals surface area (Å²) >= 11 is 0. The highest BCUT2D eigenvalue weighted by molar-refractivity contribution is 5.98. The number of hydrogen-bond acceptors (Lipinski definition) is 5. The number of hydrogen-bond donors (Lipinski definition) is 1. The maximum absolute atomic E-state index is 14.2. The number of nitrogens with two attached hydrogens (primary N) is 1. The first kappa shape index (κ1) is 14.2. The summed E-state index contributed by atoms with van der Waals surface area (Å²) in [6.45, 7) is 3.69. The van der Waals surface area contributed by atoms with Crippen LogP contribution in [0.25, 0.3) is 22.3 Å². The number of ether oxygens (including phenoxy) is 1. The van der Waals surface area contributed by atoms with Gasteiger partial charge in [0.1, 0.15) is 17.8 Å². The lowest BCUT2D eigenvalue weighted by Gasteiger charge is -2.11. The third kappa shape index (κ3) is 2.34. The smallest absolute Gasteiger partial charge is 0.165 e. The molecule has 2 aromatic heterocycles. The van der Waals surface area contributed by atoms with Gasteiger partial charge in [0.2, 0.25) is 0 Å². The van der Waals surface area contributed by atoms with Crippen LogP contribution in [0.15, 0.2) is 24.5 Å². The van der Waals surface area contributed by atoms with Crippen LogP contribution < -0.4 is 10.5 Å². The molecule has 3 rings (SSSR count). The number of fused-ring (bicyclic) bond motifs is 1. The Hall–Kier alpha value is -2.70. The quantitative estimate of drug-likeness (QED) is 0.804. The van der Waals surface area contributed by atoms with Gasteiger partial charge in [-0.25, -0.2) is 19.0 Å². The van der Waals surface area contributed by atoms with Crippen LogP contribution in [-0.2, 0) is 7.05 Å². The average molecular weight is 301 g/mol. The minimum Gasteiger partial charge on any atom is -0.488 e. The largest absolute Gasteiger partial charge is 0.488 e. The van der Waals surface area contributed by atoms with E-state index in [4.69, 9.17) is 10.5 Å². The second kappa shape index (κ2) is 5.25. The van der Waals surface area contributed by atoms with E-state index in [1.165, 1.54) is 12.4 Å². The van der Waals surface area contributed by atoms with Crippen molar-refractivity contribution in [2.75, 3.05) is 5.73 Å². The third-order valence-corrected chi connectivity index (χ3v) is 3.22. The van der Waals surface area contributed by atoms with E-state index < -0.39 is 5.82 Å². The van der Waals surface area contributed by atoms with Crippen molar-refractivity contribution in [2.45, 2.75) is 20.0 Å². The minimum absolute atomic E-state index is 0.0972. The van der Waals surface area contributed by atoms with E-state index in [0.717, 1.165) is 0 Å². The summed E-state index contributed by atoms with van der Waals surface area (Å²) in [6.07, 6.45) is 1.28. The van der Waals surface area contributed by atoms with E-state index in [0.29, 0.717) is 28.1 Å². The molecule has 6 nitrogen and oxygen atoms in total. The van der Waals surface area contributed by atoms with Crippen molar-refractivity contribution in [3.63, 3.8) is 0 Å². The van der Waals surface area contributed by atoms with E-state index >= 15 is 0 Å². The van der Waals surface area contributed by atoms with E-state index in [1.807, 2.05) is 13.8 Å². The van der Waals surface area contributed by atoms with Crippen molar-refractivity contribution in [3.05, 3.63) is 30.3 Å². The summed E-state index contributed by atoms with van der Waals surface area (Å²) in [4.78, 5) is 8.14. The Labute approximate surface area is 126 Å². The lowest BCUT2D eigenvalue weighted by molar-refractivity contribution is 0.231. The maximum Gasteiger partial charge on any atom is 0.165 e. The number of aromatic nitrogens is 4. The Morgan fingerprint density at radius 2 is 2.05 bits per heavy atom. The van der Waals surface area contributed by atoms with Gasteiger partial charge >= 0.3 is 0 Å². The van der Waals surface area contributed by atoms with Crippen molar-refractivity contribution < 1.29 is 9.13 Å². The lowest BCUT2D eigenvalue weighted by Crippen LogP contribution is -2.06. The van der Waals surface area contributed by atoms with Gasteiger partial charge in [0, 0.05) is 12.6 Å². The normalized spacial score (nSPS) is 11.3. The molecule has 0 amide bonds. The highest BCUT2D eigenvalue weighted by atomic mass is 19.1. The molecule has 0 unspecified atom stereocenters. The van der Waals surface area contributed by atoms with Gasteiger partial charge in [-0.15, -0.1) is 0 Å². The Morgan fingerprint density at radius 3 is 2.73 bits per heavy atom. The van der Waals surface area contributed by atoms with Gasteiger partial charge in [0.15, 0.2) is 17.2 Å². The molecule has 22 heavy (non-hydrogen) atoms. The van der Waals surface area contributed by atoms with Crippen molar-refractivity contribution in [1.82, 2.24) is 19.7 Å². The highest BCUT2D eigenvalue weighted by Gasteiger charge is 2.17. The highest BCUT2D eigenvalue weighted by Crippen LogP contribution is 2.32. The Kier molecular flexibility index (Phi) is 3.40. The van der Waals surface area contributed by atoms with Gasteiger partial charge in [0.05, 0.1) is 11.5 Å². The van der Waals surface area contributed by atoms with Gasteiger partial charge in [-0.3, -0.25) is 0 Å². The fourth-order valence-electron chi connectivity index (χ4n) is 2.31. The molecular formula is C15H16FN5O. The predicted octanol–water partition coefficient (Wildman–Crippen LogP) is 2.54. The van der Waals surface area contributed by atoms with Gasteiger partial charge in [-0.05, 0) is 32.0 Å². The van der Waals surface area contributed by atoms with Crippen LogP contribution in [0, 0.1) is 5.82 Å². The number of nitrogens with zero attached hydrogens (tertiary/aromatic N) is 4. The van der Waals surface area contributed by atoms with E-state index in [-0.39, 0.29) is 11.9 Å². The number of anilines is 1. The molecule has 0 atom stereocenters. The molecule has 0 saturated carbocycles. The molecule has 2 N–H and O–H groups in total. The zero-order chi connectivity index (χ0) is 15.9. The number of benzene rings is 1. The topological polar surface area (TPSA) is 78.8 Å². The first-order chi connectivity index (χ1) is 10.5. The van der Waals surface area contributed by atoms with Crippen LogP contribution in [0.1, 0.15) is 13.8 Å². The van der Waals surface area contributed by atoms with Crippen LogP contribution in [0.4, 0.5) is 10.2 Å². The van der Waals surface area contributed by atoms with Gasteiger partial charge in [0.25, 0.3) is 0 Å². The van der Waals surface area contributed by atoms with Gasteiger partial charge in [-0.2, -0.15) is 5.10 Å². The van der Waals surface area contributed by atoms with E-state index in [1.54, 1.807) is 23.9 Å². The molecule has 1 aromatic carbocycles. The molecule has 0 fully saturated rings. The first-order valence-corrected chi connectivity index (χ1v) is 6.87. The van der Waals surface area contributed by atoms with Crippen LogP contribution >= 0.6 is 0 Å². The third-order valence-electron chi connectivity index (χ3n) is 3.22. The zero-order valence-corrected chi connectivity index (χ0v) is 12.5. The Morgan fingerprint density at radius 1 is 1.27 bits per heavy atom. The molecule has 0 aliphatic rings. The first-order valence-electron chi connectivity index (χ1n) is 6.87. The summed E-state index contributed by atoms with van der Waals surface area (Å²) in [5, 5.41) is 4.99. The predicted molar refractivity (Wildman–Crippen MR) is 81.9 cm³/mol. The van der Waals surface area contributed by atoms with Gasteiger partial charge in [-0.1, -0.05) is 0 Å².